The lowest BCUT2D eigenvalue weighted by Gasteiger charge is -2.31. The highest BCUT2D eigenvalue weighted by atomic mass is 79.9. The largest absolute Gasteiger partial charge is 0.0991 e. The third-order valence-corrected chi connectivity index (χ3v) is 8.98. The van der Waals surface area contributed by atoms with E-state index in [9.17, 15) is 0 Å². The van der Waals surface area contributed by atoms with E-state index >= 15 is 0 Å². The fourth-order valence-electron chi connectivity index (χ4n) is 6.71. The molecule has 0 nitrogen and oxygen atoms in total. The van der Waals surface area contributed by atoms with Crippen LogP contribution in [0.2, 0.25) is 0 Å². The van der Waals surface area contributed by atoms with E-state index in [0.717, 1.165) is 4.47 Å². The molecule has 1 spiro atoms. The van der Waals surface area contributed by atoms with Gasteiger partial charge in [-0.2, -0.15) is 0 Å². The average Bonchev–Trinajstić information content (AvgIpc) is 3.45. The van der Waals surface area contributed by atoms with Gasteiger partial charge in [0.25, 0.3) is 0 Å². The van der Waals surface area contributed by atoms with Crippen LogP contribution in [0.15, 0.2) is 145 Å². The lowest BCUT2D eigenvalue weighted by molar-refractivity contribution is 0.793. The third-order valence-electron chi connectivity index (χ3n) is 8.32. The van der Waals surface area contributed by atoms with Crippen LogP contribution in [0.25, 0.3) is 39.0 Å². The summed E-state index contributed by atoms with van der Waals surface area (Å²) in [5.41, 5.74) is 15.1. The zero-order valence-corrected chi connectivity index (χ0v) is 23.4. The van der Waals surface area contributed by atoms with Gasteiger partial charge in [-0.15, -0.1) is 0 Å². The number of allylic oxidation sites excluding steroid dienone is 5. The first-order chi connectivity index (χ1) is 19.2. The van der Waals surface area contributed by atoms with Crippen LogP contribution in [0.4, 0.5) is 0 Å². The van der Waals surface area contributed by atoms with Gasteiger partial charge in [0, 0.05) is 10.0 Å². The number of fused-ring (bicyclic) bond motifs is 10. The van der Waals surface area contributed by atoms with E-state index in [1.165, 1.54) is 66.8 Å². The summed E-state index contributed by atoms with van der Waals surface area (Å²) in [6.45, 7) is 5.98. The maximum atomic E-state index is 3.93. The summed E-state index contributed by atoms with van der Waals surface area (Å²) >= 11 is 3.93. The molecule has 39 heavy (non-hydrogen) atoms. The van der Waals surface area contributed by atoms with E-state index in [2.05, 4.69) is 151 Å². The van der Waals surface area contributed by atoms with Crippen molar-refractivity contribution in [1.82, 2.24) is 0 Å². The van der Waals surface area contributed by atoms with Crippen LogP contribution in [0.1, 0.15) is 34.7 Å². The molecule has 0 bridgehead atoms. The molecule has 2 aliphatic carbocycles. The Morgan fingerprint density at radius 2 is 1.38 bits per heavy atom. The van der Waals surface area contributed by atoms with Crippen LogP contribution in [0, 0.1) is 0 Å². The van der Waals surface area contributed by atoms with Crippen molar-refractivity contribution in [1.29, 1.82) is 0 Å². The molecule has 1 unspecified atom stereocenters. The van der Waals surface area contributed by atoms with E-state index in [1.54, 1.807) is 0 Å². The number of halogens is 1. The van der Waals surface area contributed by atoms with Crippen molar-refractivity contribution in [3.05, 3.63) is 172 Å². The topological polar surface area (TPSA) is 0 Å². The van der Waals surface area contributed by atoms with Crippen LogP contribution in [0.5, 0.6) is 0 Å². The van der Waals surface area contributed by atoms with Gasteiger partial charge in [0.15, 0.2) is 0 Å². The Balaban J connectivity index is 1.60. The summed E-state index contributed by atoms with van der Waals surface area (Å²) in [5, 5.41) is 0. The summed E-state index contributed by atoms with van der Waals surface area (Å²) in [5.74, 6) is 0. The molecule has 186 valence electrons. The van der Waals surface area contributed by atoms with E-state index in [0.29, 0.717) is 0 Å². The van der Waals surface area contributed by atoms with E-state index in [4.69, 9.17) is 0 Å². The molecule has 1 heteroatoms. The van der Waals surface area contributed by atoms with Crippen LogP contribution < -0.4 is 0 Å². The van der Waals surface area contributed by atoms with Gasteiger partial charge in [-0.05, 0) is 86.3 Å². The van der Waals surface area contributed by atoms with Crippen molar-refractivity contribution < 1.29 is 0 Å². The van der Waals surface area contributed by atoms with Gasteiger partial charge in [0.1, 0.15) is 0 Å². The lowest BCUT2D eigenvalue weighted by atomic mass is 9.70. The molecule has 7 rings (SSSR count). The Morgan fingerprint density at radius 1 is 0.667 bits per heavy atom. The number of rotatable bonds is 4. The van der Waals surface area contributed by atoms with Gasteiger partial charge in [0.05, 0.1) is 5.41 Å². The summed E-state index contributed by atoms with van der Waals surface area (Å²) in [6, 6.07) is 40.4. The minimum absolute atomic E-state index is 0.401. The first-order valence-electron chi connectivity index (χ1n) is 13.4. The second-order valence-electron chi connectivity index (χ2n) is 10.2. The maximum absolute atomic E-state index is 3.93. The standard InChI is InChI=1S/C38H27Br/c1-3-5-12-25(4-2)27-19-21-29-30-22-20-28(26-13-7-6-8-14-26)24-35(30)38(34(29)23-27)32-16-10-9-15-31(32)37-33(38)17-11-18-36(37)39/h3-24H,1H2,2H3/b12-5-,25-4+. The van der Waals surface area contributed by atoms with Crippen LogP contribution in [-0.2, 0) is 5.41 Å². The summed E-state index contributed by atoms with van der Waals surface area (Å²) in [4.78, 5) is 0. The molecular weight excluding hydrogens is 536 g/mol. The van der Waals surface area contributed by atoms with Gasteiger partial charge in [-0.3, -0.25) is 0 Å². The first kappa shape index (κ1) is 23.9. The predicted molar refractivity (Wildman–Crippen MR) is 169 cm³/mol. The smallest absolute Gasteiger partial charge is 0.0726 e. The Kier molecular flexibility index (Phi) is 5.65. The molecule has 0 saturated carbocycles. The van der Waals surface area contributed by atoms with Gasteiger partial charge < -0.3 is 0 Å². The number of benzene rings is 5. The fourth-order valence-corrected chi connectivity index (χ4v) is 7.29. The van der Waals surface area contributed by atoms with Crippen molar-refractivity contribution in [2.45, 2.75) is 12.3 Å². The second-order valence-corrected chi connectivity index (χ2v) is 11.0. The highest BCUT2D eigenvalue weighted by Crippen LogP contribution is 2.64. The molecule has 0 heterocycles. The Hall–Kier alpha value is -4.20. The van der Waals surface area contributed by atoms with Gasteiger partial charge in [0.2, 0.25) is 0 Å². The number of hydrogen-bond donors (Lipinski definition) is 0. The second kappa shape index (κ2) is 9.22. The summed E-state index contributed by atoms with van der Waals surface area (Å²) in [7, 11) is 0. The molecule has 5 aromatic rings. The van der Waals surface area contributed by atoms with Crippen molar-refractivity contribution in [2.75, 3.05) is 0 Å². The molecule has 0 aliphatic heterocycles. The zero-order valence-electron chi connectivity index (χ0n) is 21.8. The first-order valence-corrected chi connectivity index (χ1v) is 14.2. The van der Waals surface area contributed by atoms with E-state index < -0.39 is 5.41 Å². The van der Waals surface area contributed by atoms with E-state index in [-0.39, 0.29) is 0 Å². The van der Waals surface area contributed by atoms with Crippen LogP contribution in [-0.4, -0.2) is 0 Å². The summed E-state index contributed by atoms with van der Waals surface area (Å²) < 4.78 is 1.14. The molecule has 0 N–H and O–H groups in total. The normalized spacial score (nSPS) is 16.7. The molecule has 0 amide bonds. The fraction of sp³-hybridized carbons (Fsp3) is 0.0526. The quantitative estimate of drug-likeness (QED) is 0.187. The molecular formula is C38H27Br. The maximum Gasteiger partial charge on any atom is 0.0726 e. The third kappa shape index (κ3) is 3.36. The Bertz CT molecular complexity index is 1840. The molecule has 0 radical (unpaired) electrons. The molecule has 5 aromatic carbocycles. The summed E-state index contributed by atoms with van der Waals surface area (Å²) in [6.07, 6.45) is 8.16. The lowest BCUT2D eigenvalue weighted by Crippen LogP contribution is -2.26. The zero-order chi connectivity index (χ0) is 26.6. The van der Waals surface area contributed by atoms with Crippen LogP contribution in [0.3, 0.4) is 0 Å². The number of hydrogen-bond acceptors (Lipinski definition) is 0. The van der Waals surface area contributed by atoms with Crippen LogP contribution >= 0.6 is 15.9 Å². The van der Waals surface area contributed by atoms with Gasteiger partial charge in [-0.25, -0.2) is 0 Å². The minimum atomic E-state index is -0.401. The SMILES string of the molecule is C=C/C=C\C(=C/C)c1ccc2c(c1)C1(c3cc(-c4ccccc4)ccc3-2)c2ccccc2-c2c(Br)cccc21. The highest BCUT2D eigenvalue weighted by Gasteiger charge is 2.52. The highest BCUT2D eigenvalue weighted by molar-refractivity contribution is 9.10. The average molecular weight is 564 g/mol. The Morgan fingerprint density at radius 3 is 2.18 bits per heavy atom. The monoisotopic (exact) mass is 562 g/mol. The van der Waals surface area contributed by atoms with Crippen molar-refractivity contribution >= 4 is 21.5 Å². The van der Waals surface area contributed by atoms with Crippen molar-refractivity contribution in [2.24, 2.45) is 0 Å². The molecule has 1 atom stereocenters. The molecule has 0 saturated heterocycles. The van der Waals surface area contributed by atoms with E-state index in [1.807, 2.05) is 12.2 Å². The van der Waals surface area contributed by atoms with Gasteiger partial charge >= 0.3 is 0 Å². The van der Waals surface area contributed by atoms with Crippen molar-refractivity contribution in [3.8, 4) is 33.4 Å². The Labute approximate surface area is 238 Å². The van der Waals surface area contributed by atoms with Crippen molar-refractivity contribution in [3.63, 3.8) is 0 Å². The van der Waals surface area contributed by atoms with Gasteiger partial charge in [-0.1, -0.05) is 138 Å². The predicted octanol–water partition coefficient (Wildman–Crippen LogP) is 10.6. The molecule has 2 aliphatic rings. The minimum Gasteiger partial charge on any atom is -0.0991 e. The molecule has 0 aromatic heterocycles. The molecule has 0 fully saturated rings.